The lowest BCUT2D eigenvalue weighted by Crippen LogP contribution is -2.19. The van der Waals surface area contributed by atoms with Gasteiger partial charge in [-0.3, -0.25) is 9.59 Å². The number of aromatic hydroxyl groups is 1. The molecule has 0 aromatic heterocycles. The number of benzene rings is 2. The Balaban J connectivity index is 1.81. The average molecular weight is 416 g/mol. The van der Waals surface area contributed by atoms with Gasteiger partial charge in [-0.1, -0.05) is 23.7 Å². The second kappa shape index (κ2) is 11.4. The van der Waals surface area contributed by atoms with Crippen LogP contribution < -0.4 is 4.74 Å². The highest BCUT2D eigenvalue weighted by atomic mass is 35.5. The lowest BCUT2D eigenvalue weighted by molar-refractivity contribution is -0.124. The summed E-state index contributed by atoms with van der Waals surface area (Å²) >= 11 is 6.25. The largest absolute Gasteiger partial charge is 0.508 e. The van der Waals surface area contributed by atoms with Crippen LogP contribution in [0.3, 0.4) is 0 Å². The van der Waals surface area contributed by atoms with Crippen LogP contribution in [0.2, 0.25) is 5.02 Å². The Hall–Kier alpha value is -2.63. The molecule has 2 aromatic rings. The normalized spacial score (nSPS) is 11.2. The van der Waals surface area contributed by atoms with Gasteiger partial charge in [-0.2, -0.15) is 0 Å². The molecule has 1 N–H and O–H groups in total. The van der Waals surface area contributed by atoms with Crippen LogP contribution in [0, 0.1) is 0 Å². The second-order valence-electron chi connectivity index (χ2n) is 7.02. The van der Waals surface area contributed by atoms with E-state index in [-0.39, 0.29) is 30.2 Å². The molecule has 154 valence electrons. The smallest absolute Gasteiger partial charge is 0.163 e. The minimum atomic E-state index is -0.261. The molecule has 5 nitrogen and oxygen atoms in total. The zero-order chi connectivity index (χ0) is 21.2. The highest BCUT2D eigenvalue weighted by Gasteiger charge is 2.08. The number of nitrogens with zero attached hydrogens (tertiary/aromatic N) is 1. The fraction of sp³-hybridized carbons (Fsp3) is 0.304. The first-order valence-corrected chi connectivity index (χ1v) is 9.79. The molecule has 0 saturated heterocycles. The summed E-state index contributed by atoms with van der Waals surface area (Å²) in [4.78, 5) is 26.1. The van der Waals surface area contributed by atoms with Crippen LogP contribution in [0.1, 0.15) is 24.0 Å². The van der Waals surface area contributed by atoms with Crippen molar-refractivity contribution >= 4 is 29.2 Å². The Morgan fingerprint density at radius 3 is 2.52 bits per heavy atom. The lowest BCUT2D eigenvalue weighted by atomic mass is 10.0. The third-order valence-electron chi connectivity index (χ3n) is 4.23. The molecule has 0 fully saturated rings. The molecule has 0 aliphatic rings. The summed E-state index contributed by atoms with van der Waals surface area (Å²) in [6.07, 6.45) is 3.67. The molecule has 0 atom stereocenters. The van der Waals surface area contributed by atoms with E-state index in [1.54, 1.807) is 48.5 Å². The van der Waals surface area contributed by atoms with Gasteiger partial charge in [-0.05, 0) is 74.1 Å². The molecule has 2 rings (SSSR count). The fourth-order valence-electron chi connectivity index (χ4n) is 2.55. The minimum absolute atomic E-state index is 0.122. The van der Waals surface area contributed by atoms with Crippen LogP contribution in [0.15, 0.2) is 48.5 Å². The quantitative estimate of drug-likeness (QED) is 0.441. The van der Waals surface area contributed by atoms with Crippen molar-refractivity contribution in [1.82, 2.24) is 4.90 Å². The van der Waals surface area contributed by atoms with Crippen molar-refractivity contribution in [3.05, 3.63) is 64.7 Å². The first kappa shape index (κ1) is 22.7. The molecule has 6 heteroatoms. The van der Waals surface area contributed by atoms with E-state index in [4.69, 9.17) is 16.3 Å². The highest BCUT2D eigenvalue weighted by Crippen LogP contribution is 2.23. The van der Waals surface area contributed by atoms with Gasteiger partial charge in [-0.25, -0.2) is 0 Å². The van der Waals surface area contributed by atoms with Gasteiger partial charge >= 0.3 is 0 Å². The van der Waals surface area contributed by atoms with Crippen molar-refractivity contribution in [3.63, 3.8) is 0 Å². The predicted molar refractivity (Wildman–Crippen MR) is 116 cm³/mol. The molecular formula is C23H26ClNO4. The number of hydrogen-bond donors (Lipinski definition) is 1. The van der Waals surface area contributed by atoms with E-state index >= 15 is 0 Å². The SMILES string of the molecule is CN(C)CCOc1ccc(/C=C/C(=O)CC(=O)CCc2ccc(O)cc2)c(Cl)c1. The van der Waals surface area contributed by atoms with Crippen LogP contribution in [-0.2, 0) is 16.0 Å². The predicted octanol–water partition coefficient (Wildman–Crippen LogP) is 4.16. The van der Waals surface area contributed by atoms with Crippen molar-refractivity contribution in [2.75, 3.05) is 27.2 Å². The summed E-state index contributed by atoms with van der Waals surface area (Å²) in [6, 6.07) is 12.0. The van der Waals surface area contributed by atoms with E-state index < -0.39 is 0 Å². The third kappa shape index (κ3) is 8.50. The summed E-state index contributed by atoms with van der Waals surface area (Å²) in [5.74, 6) is 0.475. The number of ketones is 2. The van der Waals surface area contributed by atoms with E-state index in [1.807, 2.05) is 19.0 Å². The Labute approximate surface area is 176 Å². The van der Waals surface area contributed by atoms with E-state index in [2.05, 4.69) is 0 Å². The molecule has 0 unspecified atom stereocenters. The molecule has 29 heavy (non-hydrogen) atoms. The number of likely N-dealkylation sites (N-methyl/N-ethyl adjacent to an activating group) is 1. The van der Waals surface area contributed by atoms with Crippen LogP contribution in [-0.4, -0.2) is 48.8 Å². The summed E-state index contributed by atoms with van der Waals surface area (Å²) in [6.45, 7) is 1.36. The number of carbonyl (C=O) groups excluding carboxylic acids is 2. The van der Waals surface area contributed by atoms with Crippen molar-refractivity contribution < 1.29 is 19.4 Å². The van der Waals surface area contributed by atoms with Gasteiger partial charge < -0.3 is 14.7 Å². The number of phenolic OH excluding ortho intramolecular Hbond substituents is 1. The van der Waals surface area contributed by atoms with Crippen LogP contribution in [0.4, 0.5) is 0 Å². The van der Waals surface area contributed by atoms with E-state index in [0.717, 1.165) is 12.1 Å². The number of allylic oxidation sites excluding steroid dienone is 1. The van der Waals surface area contributed by atoms with Gasteiger partial charge in [0.1, 0.15) is 23.9 Å². The fourth-order valence-corrected chi connectivity index (χ4v) is 2.78. The topological polar surface area (TPSA) is 66.8 Å². The molecule has 0 amide bonds. The molecule has 0 radical (unpaired) electrons. The number of hydrogen-bond acceptors (Lipinski definition) is 5. The maximum atomic E-state index is 12.1. The molecule has 0 heterocycles. The third-order valence-corrected chi connectivity index (χ3v) is 4.56. The van der Waals surface area contributed by atoms with Crippen molar-refractivity contribution in [2.45, 2.75) is 19.3 Å². The van der Waals surface area contributed by atoms with Crippen molar-refractivity contribution in [3.8, 4) is 11.5 Å². The van der Waals surface area contributed by atoms with Gasteiger partial charge in [0, 0.05) is 13.0 Å². The Kier molecular flexibility index (Phi) is 8.90. The number of rotatable bonds is 11. The zero-order valence-electron chi connectivity index (χ0n) is 16.7. The van der Waals surface area contributed by atoms with Crippen LogP contribution >= 0.6 is 11.6 Å². The summed E-state index contributed by atoms with van der Waals surface area (Å²) in [5.41, 5.74) is 1.63. The Morgan fingerprint density at radius 2 is 1.86 bits per heavy atom. The number of aryl methyl sites for hydroxylation is 1. The number of halogens is 1. The van der Waals surface area contributed by atoms with Gasteiger partial charge in [0.15, 0.2) is 5.78 Å². The Bertz CT molecular complexity index is 860. The number of phenols is 1. The average Bonchev–Trinajstić information content (AvgIpc) is 2.66. The standard InChI is InChI=1S/C23H26ClNO4/c1-25(2)13-14-29-22-12-7-18(23(24)16-22)6-11-21(28)15-20(27)10-5-17-3-8-19(26)9-4-17/h3-4,6-9,11-12,16,26H,5,10,13-15H2,1-2H3/b11-6+. The number of carbonyl (C=O) groups is 2. The highest BCUT2D eigenvalue weighted by molar-refractivity contribution is 6.32. The molecule has 0 aliphatic carbocycles. The molecule has 2 aromatic carbocycles. The molecule has 0 bridgehead atoms. The monoisotopic (exact) mass is 415 g/mol. The van der Waals surface area contributed by atoms with Crippen LogP contribution in [0.25, 0.3) is 6.08 Å². The minimum Gasteiger partial charge on any atom is -0.508 e. The van der Waals surface area contributed by atoms with E-state index in [9.17, 15) is 14.7 Å². The summed E-state index contributed by atoms with van der Waals surface area (Å²) < 4.78 is 5.63. The molecular weight excluding hydrogens is 390 g/mol. The molecule has 0 saturated carbocycles. The maximum absolute atomic E-state index is 12.1. The van der Waals surface area contributed by atoms with E-state index in [1.165, 1.54) is 6.08 Å². The molecule has 0 spiro atoms. The van der Waals surface area contributed by atoms with Crippen LogP contribution in [0.5, 0.6) is 11.5 Å². The summed E-state index contributed by atoms with van der Waals surface area (Å²) in [5, 5.41) is 9.74. The van der Waals surface area contributed by atoms with Gasteiger partial charge in [0.25, 0.3) is 0 Å². The number of Topliss-reactive ketones (excluding diaryl/α,β-unsaturated/α-hetero) is 1. The zero-order valence-corrected chi connectivity index (χ0v) is 17.5. The first-order valence-electron chi connectivity index (χ1n) is 9.41. The van der Waals surface area contributed by atoms with E-state index in [0.29, 0.717) is 29.4 Å². The second-order valence-corrected chi connectivity index (χ2v) is 7.42. The van der Waals surface area contributed by atoms with Crippen molar-refractivity contribution in [1.29, 1.82) is 0 Å². The Morgan fingerprint density at radius 1 is 1.14 bits per heavy atom. The maximum Gasteiger partial charge on any atom is 0.163 e. The summed E-state index contributed by atoms with van der Waals surface area (Å²) in [7, 11) is 3.94. The lowest BCUT2D eigenvalue weighted by Gasteiger charge is -2.11. The van der Waals surface area contributed by atoms with Gasteiger partial charge in [0.2, 0.25) is 0 Å². The number of ether oxygens (including phenoxy) is 1. The van der Waals surface area contributed by atoms with Gasteiger partial charge in [-0.15, -0.1) is 0 Å². The van der Waals surface area contributed by atoms with Gasteiger partial charge in [0.05, 0.1) is 11.4 Å². The van der Waals surface area contributed by atoms with Crippen molar-refractivity contribution in [2.24, 2.45) is 0 Å². The first-order chi connectivity index (χ1) is 13.8. The molecule has 0 aliphatic heterocycles.